The number of nitrogens with zero attached hydrogens (tertiary/aromatic N) is 1. The lowest BCUT2D eigenvalue weighted by atomic mass is 9.79. The van der Waals surface area contributed by atoms with Crippen LogP contribution in [-0.4, -0.2) is 33.4 Å². The summed E-state index contributed by atoms with van der Waals surface area (Å²) in [6.45, 7) is 0.694. The molecule has 0 radical (unpaired) electrons. The van der Waals surface area contributed by atoms with E-state index in [2.05, 4.69) is 0 Å². The third kappa shape index (κ3) is 3.82. The Morgan fingerprint density at radius 1 is 1.32 bits per heavy atom. The van der Waals surface area contributed by atoms with Crippen molar-refractivity contribution in [1.29, 1.82) is 0 Å². The fourth-order valence-electron chi connectivity index (χ4n) is 4.33. The van der Waals surface area contributed by atoms with Crippen LogP contribution in [0.2, 0.25) is 5.02 Å². The number of carbonyl (C=O) groups excluding carboxylic acids is 1. The lowest BCUT2D eigenvalue weighted by Gasteiger charge is -2.35. The van der Waals surface area contributed by atoms with Gasteiger partial charge in [-0.3, -0.25) is 4.79 Å². The number of aromatic nitrogens is 1. The molecule has 1 aliphatic heterocycles. The molecule has 0 bridgehead atoms. The predicted octanol–water partition coefficient (Wildman–Crippen LogP) is 5.35. The van der Waals surface area contributed by atoms with Crippen LogP contribution < -0.4 is 0 Å². The van der Waals surface area contributed by atoms with Gasteiger partial charge in [-0.1, -0.05) is 11.6 Å². The molecule has 1 saturated carbocycles. The highest BCUT2D eigenvalue weighted by Gasteiger charge is 2.42. The predicted molar refractivity (Wildman–Crippen MR) is 102 cm³/mol. The van der Waals surface area contributed by atoms with E-state index in [1.165, 1.54) is 0 Å². The van der Waals surface area contributed by atoms with E-state index in [0.717, 1.165) is 18.5 Å². The van der Waals surface area contributed by atoms with Gasteiger partial charge in [-0.2, -0.15) is 0 Å². The molecule has 2 fully saturated rings. The zero-order chi connectivity index (χ0) is 19.9. The first-order chi connectivity index (χ1) is 13.3. The molecule has 2 aliphatic rings. The monoisotopic (exact) mass is 411 g/mol. The number of pyridine rings is 1. The molecule has 28 heavy (non-hydrogen) atoms. The molecule has 2 aromatic rings. The summed E-state index contributed by atoms with van der Waals surface area (Å²) in [5.74, 6) is -2.85. The summed E-state index contributed by atoms with van der Waals surface area (Å²) < 4.78 is 34.4. The maximum atomic E-state index is 13.4. The minimum atomic E-state index is -2.71. The molecule has 0 aromatic carbocycles. The molecule has 3 heterocycles. The number of fused-ring (bicyclic) bond motifs is 1. The number of hydrogen-bond acceptors (Lipinski definition) is 3. The van der Waals surface area contributed by atoms with Crippen LogP contribution in [0.25, 0.3) is 5.52 Å². The highest BCUT2D eigenvalue weighted by Crippen LogP contribution is 2.41. The number of halogens is 3. The SMILES string of the molecule is O=C(CCC1(O)CCC(F)(F)CC1)c1cc(C2CCCO2)n2cccc(Cl)c12. The fraction of sp³-hybridized carbons (Fsp3) is 0.571. The van der Waals surface area contributed by atoms with Gasteiger partial charge in [0.15, 0.2) is 5.78 Å². The van der Waals surface area contributed by atoms with Crippen molar-refractivity contribution in [3.8, 4) is 0 Å². The van der Waals surface area contributed by atoms with Gasteiger partial charge in [-0.25, -0.2) is 8.78 Å². The van der Waals surface area contributed by atoms with E-state index in [4.69, 9.17) is 16.3 Å². The van der Waals surface area contributed by atoms with Crippen molar-refractivity contribution in [3.63, 3.8) is 0 Å². The van der Waals surface area contributed by atoms with Crippen molar-refractivity contribution in [1.82, 2.24) is 4.40 Å². The quantitative estimate of drug-likeness (QED) is 0.675. The number of Topliss-reactive ketones (excluding diaryl/α,β-unsaturated/α-hetero) is 1. The van der Waals surface area contributed by atoms with Crippen molar-refractivity contribution in [2.45, 2.75) is 69.0 Å². The molecule has 2 aromatic heterocycles. The van der Waals surface area contributed by atoms with Crippen LogP contribution in [0.5, 0.6) is 0 Å². The lowest BCUT2D eigenvalue weighted by Crippen LogP contribution is -2.38. The first-order valence-corrected chi connectivity index (χ1v) is 10.2. The summed E-state index contributed by atoms with van der Waals surface area (Å²) in [5, 5.41) is 11.1. The van der Waals surface area contributed by atoms with Crippen molar-refractivity contribution >= 4 is 22.9 Å². The van der Waals surface area contributed by atoms with Crippen LogP contribution in [0.1, 0.15) is 73.5 Å². The molecular formula is C21H24ClF2NO3. The second-order valence-corrected chi connectivity index (χ2v) is 8.47. The van der Waals surface area contributed by atoms with Gasteiger partial charge in [0.25, 0.3) is 0 Å². The highest BCUT2D eigenvalue weighted by atomic mass is 35.5. The minimum Gasteiger partial charge on any atom is -0.390 e. The summed E-state index contributed by atoms with van der Waals surface area (Å²) in [6.07, 6.45) is 3.31. The highest BCUT2D eigenvalue weighted by molar-refractivity contribution is 6.35. The van der Waals surface area contributed by atoms with Crippen LogP contribution in [0.3, 0.4) is 0 Å². The average molecular weight is 412 g/mol. The summed E-state index contributed by atoms with van der Waals surface area (Å²) >= 11 is 6.39. The van der Waals surface area contributed by atoms with Gasteiger partial charge in [0.1, 0.15) is 0 Å². The van der Waals surface area contributed by atoms with E-state index in [9.17, 15) is 18.7 Å². The van der Waals surface area contributed by atoms with Gasteiger partial charge in [0.05, 0.1) is 27.9 Å². The van der Waals surface area contributed by atoms with Crippen molar-refractivity contribution in [2.75, 3.05) is 6.61 Å². The van der Waals surface area contributed by atoms with Gasteiger partial charge < -0.3 is 14.2 Å². The number of alkyl halides is 2. The summed E-state index contributed by atoms with van der Waals surface area (Å²) in [5.41, 5.74) is 0.839. The first kappa shape index (κ1) is 19.8. The molecule has 1 unspecified atom stereocenters. The second-order valence-electron chi connectivity index (χ2n) is 8.06. The normalized spacial score (nSPS) is 23.9. The Morgan fingerprint density at radius 2 is 2.07 bits per heavy atom. The molecule has 4 nitrogen and oxygen atoms in total. The molecular weight excluding hydrogens is 388 g/mol. The molecule has 1 atom stereocenters. The maximum absolute atomic E-state index is 13.4. The fourth-order valence-corrected chi connectivity index (χ4v) is 4.59. The number of hydrogen-bond donors (Lipinski definition) is 1. The van der Waals surface area contributed by atoms with Crippen LogP contribution in [-0.2, 0) is 4.74 Å². The summed E-state index contributed by atoms with van der Waals surface area (Å²) in [7, 11) is 0. The van der Waals surface area contributed by atoms with E-state index in [1.54, 1.807) is 6.07 Å². The number of carbonyl (C=O) groups is 1. The Morgan fingerprint density at radius 3 is 2.75 bits per heavy atom. The Balaban J connectivity index is 1.56. The average Bonchev–Trinajstić information content (AvgIpc) is 3.31. The van der Waals surface area contributed by atoms with E-state index in [1.807, 2.05) is 22.7 Å². The maximum Gasteiger partial charge on any atom is 0.248 e. The van der Waals surface area contributed by atoms with Crippen LogP contribution in [0.4, 0.5) is 8.78 Å². The molecule has 152 valence electrons. The van der Waals surface area contributed by atoms with Crippen molar-refractivity contribution in [2.24, 2.45) is 0 Å². The minimum absolute atomic E-state index is 0.0196. The zero-order valence-electron chi connectivity index (χ0n) is 15.6. The van der Waals surface area contributed by atoms with Gasteiger partial charge >= 0.3 is 0 Å². The second kappa shape index (κ2) is 7.39. The molecule has 7 heteroatoms. The summed E-state index contributed by atoms with van der Waals surface area (Å²) in [6, 6.07) is 5.40. The third-order valence-corrected chi connectivity index (χ3v) is 6.36. The van der Waals surface area contributed by atoms with E-state index in [0.29, 0.717) is 22.7 Å². The Kier molecular flexibility index (Phi) is 5.23. The third-order valence-electron chi connectivity index (χ3n) is 6.06. The topological polar surface area (TPSA) is 50.9 Å². The van der Waals surface area contributed by atoms with E-state index in [-0.39, 0.29) is 50.4 Å². The molecule has 1 N–H and O–H groups in total. The Hall–Kier alpha value is -1.50. The number of ether oxygens (including phenoxy) is 1. The Bertz CT molecular complexity index is 879. The lowest BCUT2D eigenvalue weighted by molar-refractivity contribution is -0.105. The number of aliphatic hydroxyl groups is 1. The molecule has 0 amide bonds. The smallest absolute Gasteiger partial charge is 0.248 e. The first-order valence-electron chi connectivity index (χ1n) is 9.83. The van der Waals surface area contributed by atoms with E-state index < -0.39 is 11.5 Å². The standard InChI is InChI=1S/C21H24ClF2NO3/c22-15-3-1-11-25-16(18-4-2-12-28-18)13-14(19(15)25)17(26)5-6-20(27)7-9-21(23,24)10-8-20/h1,3,11,13,18,27H,2,4-10,12H2. The molecule has 1 saturated heterocycles. The zero-order valence-corrected chi connectivity index (χ0v) is 16.4. The summed E-state index contributed by atoms with van der Waals surface area (Å²) in [4.78, 5) is 13.0. The van der Waals surface area contributed by atoms with Crippen LogP contribution >= 0.6 is 11.6 Å². The molecule has 4 rings (SSSR count). The Labute approximate surface area is 167 Å². The van der Waals surface area contributed by atoms with E-state index >= 15 is 0 Å². The number of rotatable bonds is 5. The van der Waals surface area contributed by atoms with Crippen LogP contribution in [0, 0.1) is 0 Å². The van der Waals surface area contributed by atoms with Crippen LogP contribution in [0.15, 0.2) is 24.4 Å². The number of ketones is 1. The van der Waals surface area contributed by atoms with Gasteiger partial charge in [0.2, 0.25) is 5.92 Å². The van der Waals surface area contributed by atoms with Gasteiger partial charge in [0, 0.05) is 37.6 Å². The van der Waals surface area contributed by atoms with Gasteiger partial charge in [-0.05, 0) is 50.3 Å². The molecule has 0 spiro atoms. The van der Waals surface area contributed by atoms with Crippen molar-refractivity contribution < 1.29 is 23.4 Å². The molecule has 1 aliphatic carbocycles. The van der Waals surface area contributed by atoms with Crippen molar-refractivity contribution in [3.05, 3.63) is 40.7 Å². The largest absolute Gasteiger partial charge is 0.390 e. The van der Waals surface area contributed by atoms with Gasteiger partial charge in [-0.15, -0.1) is 0 Å².